The second-order valence-corrected chi connectivity index (χ2v) is 8.78. The maximum absolute atomic E-state index is 12.7. The second kappa shape index (κ2) is 6.90. The molecule has 3 aliphatic heterocycles. The molecule has 146 valence electrons. The lowest BCUT2D eigenvalue weighted by Gasteiger charge is -2.50. The van der Waals surface area contributed by atoms with Crippen LogP contribution in [0.3, 0.4) is 0 Å². The van der Waals surface area contributed by atoms with Crippen molar-refractivity contribution < 1.29 is 9.59 Å². The Labute approximate surface area is 168 Å². The van der Waals surface area contributed by atoms with Gasteiger partial charge in [-0.2, -0.15) is 0 Å². The molecule has 0 radical (unpaired) electrons. The zero-order valence-corrected chi connectivity index (χ0v) is 16.5. The van der Waals surface area contributed by atoms with Gasteiger partial charge in [-0.05, 0) is 36.4 Å². The summed E-state index contributed by atoms with van der Waals surface area (Å²) in [7, 11) is 0. The van der Waals surface area contributed by atoms with Gasteiger partial charge in [0.05, 0.1) is 11.5 Å². The minimum atomic E-state index is -0.436. The van der Waals surface area contributed by atoms with Crippen LogP contribution in [0.5, 0.6) is 0 Å². The second-order valence-electron chi connectivity index (χ2n) is 7.84. The Morgan fingerprint density at radius 2 is 1.82 bits per heavy atom. The Morgan fingerprint density at radius 3 is 2.50 bits per heavy atom. The van der Waals surface area contributed by atoms with Gasteiger partial charge in [-0.25, -0.2) is 0 Å². The summed E-state index contributed by atoms with van der Waals surface area (Å²) >= 11 is 1.50. The summed E-state index contributed by atoms with van der Waals surface area (Å²) in [5, 5.41) is 5.00. The number of hydrogen-bond acceptors (Lipinski definition) is 5. The first-order chi connectivity index (χ1) is 13.7. The number of carbonyl (C=O) groups is 2. The van der Waals surface area contributed by atoms with Crippen molar-refractivity contribution in [1.82, 2.24) is 15.1 Å². The van der Waals surface area contributed by atoms with Crippen molar-refractivity contribution in [3.8, 4) is 0 Å². The average Bonchev–Trinajstić information content (AvgIpc) is 3.33. The van der Waals surface area contributed by atoms with Crippen molar-refractivity contribution in [2.24, 2.45) is 0 Å². The number of nitrogens with one attached hydrogen (secondary N) is 1. The van der Waals surface area contributed by atoms with E-state index < -0.39 is 5.54 Å². The first-order valence-electron chi connectivity index (χ1n) is 9.85. The highest BCUT2D eigenvalue weighted by Crippen LogP contribution is 2.37. The summed E-state index contributed by atoms with van der Waals surface area (Å²) in [4.78, 5) is 32.6. The largest absolute Gasteiger partial charge is 0.339 e. The summed E-state index contributed by atoms with van der Waals surface area (Å²) in [6, 6.07) is 14.4. The maximum Gasteiger partial charge on any atom is 0.264 e. The topological polar surface area (TPSA) is 55.9 Å². The number of likely N-dealkylation sites (tertiary alicyclic amines) is 2. The summed E-state index contributed by atoms with van der Waals surface area (Å²) in [5.41, 5.74) is 0.666. The van der Waals surface area contributed by atoms with E-state index in [4.69, 9.17) is 0 Å². The van der Waals surface area contributed by atoms with Gasteiger partial charge in [0.2, 0.25) is 5.91 Å². The highest BCUT2D eigenvalue weighted by molar-refractivity contribution is 7.12. The maximum atomic E-state index is 12.7. The minimum Gasteiger partial charge on any atom is -0.339 e. The Kier molecular flexibility index (Phi) is 4.36. The summed E-state index contributed by atoms with van der Waals surface area (Å²) in [6.07, 6.45) is 1.65. The van der Waals surface area contributed by atoms with Crippen LogP contribution < -0.4 is 10.2 Å². The van der Waals surface area contributed by atoms with Crippen LogP contribution in [-0.2, 0) is 4.79 Å². The fourth-order valence-corrected chi connectivity index (χ4v) is 5.39. The van der Waals surface area contributed by atoms with Gasteiger partial charge in [0.25, 0.3) is 5.91 Å². The summed E-state index contributed by atoms with van der Waals surface area (Å²) in [6.45, 7) is 3.94. The molecule has 28 heavy (non-hydrogen) atoms. The molecule has 1 aromatic carbocycles. The average molecular weight is 397 g/mol. The van der Waals surface area contributed by atoms with Gasteiger partial charge in [0, 0.05) is 37.9 Å². The highest BCUT2D eigenvalue weighted by atomic mass is 32.1. The Hall–Kier alpha value is -2.38. The van der Waals surface area contributed by atoms with E-state index in [2.05, 4.69) is 27.2 Å². The van der Waals surface area contributed by atoms with Crippen LogP contribution in [0.4, 0.5) is 5.69 Å². The number of amides is 2. The molecule has 2 amide bonds. The highest BCUT2D eigenvalue weighted by Gasteiger charge is 2.51. The van der Waals surface area contributed by atoms with E-state index >= 15 is 0 Å². The van der Waals surface area contributed by atoms with Crippen LogP contribution >= 0.6 is 11.3 Å². The molecule has 5 rings (SSSR count). The zero-order valence-electron chi connectivity index (χ0n) is 15.7. The SMILES string of the molecule is O=C(c1cccs1)N1CC(N2CCC3(CC2)C(=O)NCN3c2ccccc2)C1. The fourth-order valence-electron chi connectivity index (χ4n) is 4.70. The quantitative estimate of drug-likeness (QED) is 0.862. The van der Waals surface area contributed by atoms with Gasteiger partial charge in [0.15, 0.2) is 0 Å². The molecule has 4 heterocycles. The molecule has 3 aliphatic rings. The predicted octanol–water partition coefficient (Wildman–Crippen LogP) is 2.00. The van der Waals surface area contributed by atoms with E-state index in [1.165, 1.54) is 11.3 Å². The molecule has 1 aromatic heterocycles. The first kappa shape index (κ1) is 17.7. The lowest BCUT2D eigenvalue weighted by Crippen LogP contribution is -2.65. The standard InChI is InChI=1S/C21H24N4O2S/c26-19(18-7-4-12-28-18)24-13-17(14-24)23-10-8-21(9-11-23)20(27)22-15-25(21)16-5-2-1-3-6-16/h1-7,12,17H,8-11,13-15H2,(H,22,27). The van der Waals surface area contributed by atoms with Gasteiger partial charge in [-0.3, -0.25) is 14.5 Å². The van der Waals surface area contributed by atoms with Gasteiger partial charge >= 0.3 is 0 Å². The van der Waals surface area contributed by atoms with Crippen molar-refractivity contribution in [2.45, 2.75) is 24.4 Å². The third kappa shape index (κ3) is 2.81. The van der Waals surface area contributed by atoms with E-state index in [1.807, 2.05) is 40.6 Å². The van der Waals surface area contributed by atoms with Crippen molar-refractivity contribution >= 4 is 28.8 Å². The van der Waals surface area contributed by atoms with Crippen LogP contribution in [0, 0.1) is 0 Å². The zero-order chi connectivity index (χ0) is 19.1. The number of anilines is 1. The Bertz CT molecular complexity index is 856. The Morgan fingerprint density at radius 1 is 1.07 bits per heavy atom. The summed E-state index contributed by atoms with van der Waals surface area (Å²) < 4.78 is 0. The van der Waals surface area contributed by atoms with E-state index in [1.54, 1.807) is 0 Å². The lowest BCUT2D eigenvalue weighted by molar-refractivity contribution is -0.125. The molecule has 2 aromatic rings. The molecular weight excluding hydrogens is 372 g/mol. The lowest BCUT2D eigenvalue weighted by atomic mass is 9.84. The number of piperidine rings is 1. The first-order valence-corrected chi connectivity index (χ1v) is 10.7. The number of hydrogen-bond donors (Lipinski definition) is 1. The molecule has 0 unspecified atom stereocenters. The van der Waals surface area contributed by atoms with E-state index in [0.717, 1.165) is 49.6 Å². The molecule has 0 bridgehead atoms. The molecule has 0 saturated carbocycles. The predicted molar refractivity (Wildman–Crippen MR) is 109 cm³/mol. The molecular formula is C21H24N4O2S. The number of para-hydroxylation sites is 1. The van der Waals surface area contributed by atoms with Gasteiger partial charge in [0.1, 0.15) is 5.54 Å². The van der Waals surface area contributed by atoms with Crippen molar-refractivity contribution in [3.05, 3.63) is 52.7 Å². The fraction of sp³-hybridized carbons (Fsp3) is 0.429. The molecule has 0 aliphatic carbocycles. The Balaban J connectivity index is 1.22. The molecule has 3 saturated heterocycles. The van der Waals surface area contributed by atoms with Gasteiger partial charge in [-0.1, -0.05) is 24.3 Å². The molecule has 1 spiro atoms. The molecule has 0 atom stereocenters. The van der Waals surface area contributed by atoms with Crippen LogP contribution in [0.25, 0.3) is 0 Å². The number of nitrogens with zero attached hydrogens (tertiary/aromatic N) is 3. The molecule has 3 fully saturated rings. The summed E-state index contributed by atoms with van der Waals surface area (Å²) in [5.74, 6) is 0.296. The van der Waals surface area contributed by atoms with Crippen LogP contribution in [-0.4, -0.2) is 66.0 Å². The van der Waals surface area contributed by atoms with E-state index in [-0.39, 0.29) is 11.8 Å². The molecule has 1 N–H and O–H groups in total. The van der Waals surface area contributed by atoms with Crippen LogP contribution in [0.2, 0.25) is 0 Å². The van der Waals surface area contributed by atoms with Crippen molar-refractivity contribution in [3.63, 3.8) is 0 Å². The molecule has 7 heteroatoms. The minimum absolute atomic E-state index is 0.144. The van der Waals surface area contributed by atoms with E-state index in [0.29, 0.717) is 12.7 Å². The van der Waals surface area contributed by atoms with Crippen molar-refractivity contribution in [1.29, 1.82) is 0 Å². The third-order valence-corrected chi connectivity index (χ3v) is 7.29. The third-order valence-electron chi connectivity index (χ3n) is 6.43. The number of thiophene rings is 1. The van der Waals surface area contributed by atoms with Crippen LogP contribution in [0.1, 0.15) is 22.5 Å². The smallest absolute Gasteiger partial charge is 0.264 e. The molecule has 6 nitrogen and oxygen atoms in total. The monoisotopic (exact) mass is 396 g/mol. The van der Waals surface area contributed by atoms with Gasteiger partial charge in [-0.15, -0.1) is 11.3 Å². The number of benzene rings is 1. The van der Waals surface area contributed by atoms with Crippen LogP contribution in [0.15, 0.2) is 47.8 Å². The number of carbonyl (C=O) groups excluding carboxylic acids is 2. The van der Waals surface area contributed by atoms with Gasteiger partial charge < -0.3 is 15.1 Å². The van der Waals surface area contributed by atoms with E-state index in [9.17, 15) is 9.59 Å². The normalized spacial score (nSPS) is 22.4. The number of rotatable bonds is 3. The van der Waals surface area contributed by atoms with Crippen molar-refractivity contribution in [2.75, 3.05) is 37.7 Å².